The number of rotatable bonds is 3. The number of halogens is 1. The van der Waals surface area contributed by atoms with E-state index in [1.54, 1.807) is 12.1 Å². The molecule has 0 unspecified atom stereocenters. The number of hydrogen-bond acceptors (Lipinski definition) is 1. The molecule has 0 spiro atoms. The molecule has 1 aromatic carbocycles. The van der Waals surface area contributed by atoms with Crippen molar-refractivity contribution in [2.75, 3.05) is 0 Å². The first-order valence-electron chi connectivity index (χ1n) is 4.40. The summed E-state index contributed by atoms with van der Waals surface area (Å²) in [6.45, 7) is 3.00. The Balaban J connectivity index is 2.79. The van der Waals surface area contributed by atoms with Crippen molar-refractivity contribution in [3.8, 4) is 0 Å². The zero-order valence-electron chi connectivity index (χ0n) is 8.25. The van der Waals surface area contributed by atoms with Crippen LogP contribution in [-0.2, 0) is 6.42 Å². The van der Waals surface area contributed by atoms with Gasteiger partial charge in [0.25, 0.3) is 0 Å². The second kappa shape index (κ2) is 3.78. The summed E-state index contributed by atoms with van der Waals surface area (Å²) in [6.07, 6.45) is 0.299. The van der Waals surface area contributed by atoms with E-state index in [1.807, 2.05) is 0 Å². The van der Waals surface area contributed by atoms with Gasteiger partial charge in [-0.1, -0.05) is 12.1 Å². The smallest absolute Gasteiger partial charge is 0.335 e. The van der Waals surface area contributed by atoms with Crippen molar-refractivity contribution in [2.24, 2.45) is 0 Å². The van der Waals surface area contributed by atoms with Crippen LogP contribution in [0.5, 0.6) is 0 Å². The molecule has 0 aromatic heterocycles. The average molecular weight is 196 g/mol. The highest BCUT2D eigenvalue weighted by atomic mass is 19.1. The van der Waals surface area contributed by atoms with Gasteiger partial charge in [-0.15, -0.1) is 0 Å². The third kappa shape index (κ3) is 3.17. The molecule has 0 amide bonds. The van der Waals surface area contributed by atoms with E-state index in [1.165, 1.54) is 26.0 Å². The molecule has 0 aliphatic carbocycles. The predicted molar refractivity (Wildman–Crippen MR) is 52.3 cm³/mol. The SMILES string of the molecule is CC(C)(F)Cc1ccc(C(=O)O)cc1. The molecule has 0 bridgehead atoms. The van der Waals surface area contributed by atoms with Crippen molar-refractivity contribution in [1.29, 1.82) is 0 Å². The quantitative estimate of drug-likeness (QED) is 0.806. The fraction of sp³-hybridized carbons (Fsp3) is 0.364. The summed E-state index contributed by atoms with van der Waals surface area (Å²) in [5.74, 6) is -0.962. The van der Waals surface area contributed by atoms with Crippen LogP contribution in [0, 0.1) is 0 Å². The van der Waals surface area contributed by atoms with Crippen molar-refractivity contribution in [1.82, 2.24) is 0 Å². The zero-order chi connectivity index (χ0) is 10.8. The molecule has 1 aromatic rings. The van der Waals surface area contributed by atoms with Crippen molar-refractivity contribution in [2.45, 2.75) is 25.9 Å². The van der Waals surface area contributed by atoms with Crippen LogP contribution in [0.2, 0.25) is 0 Å². The van der Waals surface area contributed by atoms with E-state index in [2.05, 4.69) is 0 Å². The highest BCUT2D eigenvalue weighted by Crippen LogP contribution is 2.16. The van der Waals surface area contributed by atoms with Gasteiger partial charge in [-0.25, -0.2) is 9.18 Å². The van der Waals surface area contributed by atoms with Crippen LogP contribution < -0.4 is 0 Å². The maximum absolute atomic E-state index is 13.2. The lowest BCUT2D eigenvalue weighted by Crippen LogP contribution is -2.15. The monoisotopic (exact) mass is 196 g/mol. The van der Waals surface area contributed by atoms with Crippen LogP contribution in [0.25, 0.3) is 0 Å². The Kier molecular flexibility index (Phi) is 2.89. The van der Waals surface area contributed by atoms with Crippen molar-refractivity contribution >= 4 is 5.97 Å². The third-order valence-corrected chi connectivity index (χ3v) is 1.83. The van der Waals surface area contributed by atoms with Gasteiger partial charge in [0.05, 0.1) is 5.56 Å². The largest absolute Gasteiger partial charge is 0.478 e. The summed E-state index contributed by atoms with van der Waals surface area (Å²) in [5, 5.41) is 8.63. The van der Waals surface area contributed by atoms with Gasteiger partial charge >= 0.3 is 5.97 Å². The third-order valence-electron chi connectivity index (χ3n) is 1.83. The molecule has 0 saturated carbocycles. The Morgan fingerprint density at radius 3 is 2.21 bits per heavy atom. The van der Waals surface area contributed by atoms with E-state index >= 15 is 0 Å². The van der Waals surface area contributed by atoms with Gasteiger partial charge in [-0.2, -0.15) is 0 Å². The molecule has 14 heavy (non-hydrogen) atoms. The molecule has 1 N–H and O–H groups in total. The summed E-state index contributed by atoms with van der Waals surface area (Å²) in [4.78, 5) is 10.5. The van der Waals surface area contributed by atoms with Crippen LogP contribution >= 0.6 is 0 Å². The van der Waals surface area contributed by atoms with Gasteiger partial charge in [0, 0.05) is 6.42 Å². The molecule has 0 aliphatic rings. The van der Waals surface area contributed by atoms with Crippen molar-refractivity contribution in [3.05, 3.63) is 35.4 Å². The highest BCUT2D eigenvalue weighted by molar-refractivity contribution is 5.87. The summed E-state index contributed by atoms with van der Waals surface area (Å²) in [7, 11) is 0. The first-order valence-corrected chi connectivity index (χ1v) is 4.40. The summed E-state index contributed by atoms with van der Waals surface area (Å²) >= 11 is 0. The first-order chi connectivity index (χ1) is 6.38. The molecule has 0 heterocycles. The summed E-state index contributed by atoms with van der Waals surface area (Å²) in [5.41, 5.74) is -0.224. The van der Waals surface area contributed by atoms with Gasteiger partial charge in [-0.3, -0.25) is 0 Å². The van der Waals surface area contributed by atoms with Crippen LogP contribution in [0.3, 0.4) is 0 Å². The summed E-state index contributed by atoms with van der Waals surface area (Å²) < 4.78 is 13.2. The molecule has 0 fully saturated rings. The molecule has 0 atom stereocenters. The molecule has 0 radical (unpaired) electrons. The minimum atomic E-state index is -1.26. The number of carboxylic acids is 1. The maximum atomic E-state index is 13.2. The fourth-order valence-corrected chi connectivity index (χ4v) is 1.25. The summed E-state index contributed by atoms with van der Waals surface area (Å²) in [6, 6.07) is 6.27. The van der Waals surface area contributed by atoms with Crippen LogP contribution in [-0.4, -0.2) is 16.7 Å². The van der Waals surface area contributed by atoms with Crippen molar-refractivity contribution < 1.29 is 14.3 Å². The molecule has 0 saturated heterocycles. The Bertz CT molecular complexity index is 322. The van der Waals surface area contributed by atoms with Gasteiger partial charge in [-0.05, 0) is 31.5 Å². The second-order valence-electron chi connectivity index (χ2n) is 3.90. The lowest BCUT2D eigenvalue weighted by molar-refractivity contribution is 0.0697. The van der Waals surface area contributed by atoms with E-state index in [9.17, 15) is 9.18 Å². The number of hydrogen-bond donors (Lipinski definition) is 1. The molecule has 3 heteroatoms. The van der Waals surface area contributed by atoms with E-state index in [0.717, 1.165) is 5.56 Å². The predicted octanol–water partition coefficient (Wildman–Crippen LogP) is 2.68. The highest BCUT2D eigenvalue weighted by Gasteiger charge is 2.16. The van der Waals surface area contributed by atoms with Crippen LogP contribution in [0.1, 0.15) is 29.8 Å². The fourth-order valence-electron chi connectivity index (χ4n) is 1.25. The topological polar surface area (TPSA) is 37.3 Å². The molecular weight excluding hydrogens is 183 g/mol. The van der Waals surface area contributed by atoms with E-state index in [0.29, 0.717) is 6.42 Å². The number of alkyl halides is 1. The van der Waals surface area contributed by atoms with E-state index in [4.69, 9.17) is 5.11 Å². The van der Waals surface area contributed by atoms with Gasteiger partial charge in [0.2, 0.25) is 0 Å². The molecule has 76 valence electrons. The molecule has 1 rings (SSSR count). The number of carboxylic acid groups (broad SMARTS) is 1. The Labute approximate surface area is 82.4 Å². The average Bonchev–Trinajstić information content (AvgIpc) is 2.02. The Morgan fingerprint density at radius 1 is 1.36 bits per heavy atom. The lowest BCUT2D eigenvalue weighted by Gasteiger charge is -2.13. The number of benzene rings is 1. The maximum Gasteiger partial charge on any atom is 0.335 e. The number of carbonyl (C=O) groups is 1. The van der Waals surface area contributed by atoms with Gasteiger partial charge in [0.15, 0.2) is 0 Å². The van der Waals surface area contributed by atoms with Crippen molar-refractivity contribution in [3.63, 3.8) is 0 Å². The Morgan fingerprint density at radius 2 is 1.86 bits per heavy atom. The molecule has 0 aliphatic heterocycles. The normalized spacial score (nSPS) is 11.4. The van der Waals surface area contributed by atoms with E-state index in [-0.39, 0.29) is 5.56 Å². The standard InChI is InChI=1S/C11H13FO2/c1-11(2,12)7-8-3-5-9(6-4-8)10(13)14/h3-6H,7H2,1-2H3,(H,13,14). The number of aromatic carboxylic acids is 1. The zero-order valence-corrected chi connectivity index (χ0v) is 8.25. The van der Waals surface area contributed by atoms with Crippen LogP contribution in [0.4, 0.5) is 4.39 Å². The molecular formula is C11H13FO2. The lowest BCUT2D eigenvalue weighted by atomic mass is 9.99. The Hall–Kier alpha value is -1.38. The minimum Gasteiger partial charge on any atom is -0.478 e. The second-order valence-corrected chi connectivity index (χ2v) is 3.90. The van der Waals surface area contributed by atoms with Gasteiger partial charge < -0.3 is 5.11 Å². The van der Waals surface area contributed by atoms with Gasteiger partial charge in [0.1, 0.15) is 5.67 Å². The first kappa shape index (κ1) is 10.7. The van der Waals surface area contributed by atoms with Crippen LogP contribution in [0.15, 0.2) is 24.3 Å². The van der Waals surface area contributed by atoms with E-state index < -0.39 is 11.6 Å². The minimum absolute atomic E-state index is 0.227. The molecule has 2 nitrogen and oxygen atoms in total.